The van der Waals surface area contributed by atoms with Gasteiger partial charge in [-0.15, -0.1) is 0 Å². The Morgan fingerprint density at radius 2 is 1.66 bits per heavy atom. The van der Waals surface area contributed by atoms with Crippen LogP contribution in [0.2, 0.25) is 0 Å². The van der Waals surface area contributed by atoms with Crippen molar-refractivity contribution in [3.8, 4) is 5.75 Å². The van der Waals surface area contributed by atoms with Crippen LogP contribution in [0, 0.1) is 0 Å². The lowest BCUT2D eigenvalue weighted by Crippen LogP contribution is -2.03. The minimum Gasteiger partial charge on any atom is -0.491 e. The van der Waals surface area contributed by atoms with Crippen molar-refractivity contribution >= 4 is 17.0 Å². The lowest BCUT2D eigenvalue weighted by atomic mass is 10.0. The number of pyridine rings is 1. The first-order valence-corrected chi connectivity index (χ1v) is 10.2. The maximum Gasteiger partial charge on any atom is 0.150 e. The van der Waals surface area contributed by atoms with Crippen molar-refractivity contribution in [2.75, 3.05) is 6.61 Å². The SMILES string of the molecule is CCOc1cc2nc(C3CC3)cn2cc1N=C(c1ccccc1)c1ccccc1. The molecule has 1 aliphatic rings. The van der Waals surface area contributed by atoms with Gasteiger partial charge in [0, 0.05) is 35.5 Å². The van der Waals surface area contributed by atoms with E-state index in [-0.39, 0.29) is 0 Å². The van der Waals surface area contributed by atoms with E-state index in [1.54, 1.807) is 0 Å². The first-order valence-electron chi connectivity index (χ1n) is 10.2. The largest absolute Gasteiger partial charge is 0.491 e. The van der Waals surface area contributed by atoms with E-state index in [0.29, 0.717) is 12.5 Å². The number of aromatic nitrogens is 2. The van der Waals surface area contributed by atoms with E-state index in [9.17, 15) is 0 Å². The van der Waals surface area contributed by atoms with Crippen LogP contribution in [0.3, 0.4) is 0 Å². The van der Waals surface area contributed by atoms with E-state index >= 15 is 0 Å². The lowest BCUT2D eigenvalue weighted by Gasteiger charge is -2.11. The molecule has 0 atom stereocenters. The molecule has 144 valence electrons. The molecule has 0 N–H and O–H groups in total. The van der Waals surface area contributed by atoms with Crippen molar-refractivity contribution in [3.05, 3.63) is 95.9 Å². The van der Waals surface area contributed by atoms with Gasteiger partial charge < -0.3 is 9.14 Å². The molecule has 1 saturated carbocycles. The average molecular weight is 381 g/mol. The van der Waals surface area contributed by atoms with Gasteiger partial charge in [0.05, 0.1) is 18.0 Å². The molecule has 29 heavy (non-hydrogen) atoms. The quantitative estimate of drug-likeness (QED) is 0.397. The predicted molar refractivity (Wildman–Crippen MR) is 117 cm³/mol. The molecule has 2 aromatic carbocycles. The molecule has 0 unspecified atom stereocenters. The number of rotatable bonds is 6. The van der Waals surface area contributed by atoms with Crippen LogP contribution >= 0.6 is 0 Å². The van der Waals surface area contributed by atoms with Gasteiger partial charge >= 0.3 is 0 Å². The summed E-state index contributed by atoms with van der Waals surface area (Å²) in [4.78, 5) is 9.87. The Bertz CT molecular complexity index is 1120. The van der Waals surface area contributed by atoms with Gasteiger partial charge in [0.1, 0.15) is 17.1 Å². The number of imidazole rings is 1. The standard InChI is InChI=1S/C25H23N3O/c1-2-29-23-15-24-26-21(18-13-14-18)16-28(24)17-22(23)27-25(19-9-5-3-6-10-19)20-11-7-4-8-12-20/h3-12,15-18H,2,13-14H2,1H3. The highest BCUT2D eigenvalue weighted by molar-refractivity contribution is 6.14. The lowest BCUT2D eigenvalue weighted by molar-refractivity contribution is 0.341. The maximum atomic E-state index is 5.94. The minimum atomic E-state index is 0.584. The molecule has 0 saturated heterocycles. The number of nitrogens with zero attached hydrogens (tertiary/aromatic N) is 3. The fourth-order valence-corrected chi connectivity index (χ4v) is 3.56. The Labute approximate surface area is 170 Å². The first-order chi connectivity index (χ1) is 14.3. The number of fused-ring (bicyclic) bond motifs is 1. The van der Waals surface area contributed by atoms with Crippen LogP contribution in [-0.4, -0.2) is 21.7 Å². The summed E-state index contributed by atoms with van der Waals surface area (Å²) in [7, 11) is 0. The molecule has 4 nitrogen and oxygen atoms in total. The Morgan fingerprint density at radius 3 is 2.24 bits per heavy atom. The molecular formula is C25H23N3O. The molecule has 1 aliphatic carbocycles. The number of hydrogen-bond acceptors (Lipinski definition) is 3. The molecular weight excluding hydrogens is 358 g/mol. The van der Waals surface area contributed by atoms with E-state index in [1.807, 2.05) is 55.6 Å². The normalized spacial score (nSPS) is 13.4. The summed E-state index contributed by atoms with van der Waals surface area (Å²) >= 11 is 0. The third kappa shape index (κ3) is 3.66. The van der Waals surface area contributed by atoms with Gasteiger partial charge in [-0.1, -0.05) is 60.7 Å². The van der Waals surface area contributed by atoms with Gasteiger partial charge in [0.2, 0.25) is 0 Å². The summed E-state index contributed by atoms with van der Waals surface area (Å²) in [5.74, 6) is 1.37. The molecule has 2 aromatic heterocycles. The van der Waals surface area contributed by atoms with Crippen LogP contribution in [0.25, 0.3) is 5.65 Å². The summed E-state index contributed by atoms with van der Waals surface area (Å²) in [5.41, 5.74) is 5.96. The Balaban J connectivity index is 1.68. The van der Waals surface area contributed by atoms with Gasteiger partial charge in [-0.05, 0) is 19.8 Å². The number of benzene rings is 2. The zero-order valence-electron chi connectivity index (χ0n) is 16.5. The van der Waals surface area contributed by atoms with E-state index in [1.165, 1.54) is 18.5 Å². The molecule has 0 bridgehead atoms. The van der Waals surface area contributed by atoms with E-state index in [0.717, 1.165) is 33.9 Å². The van der Waals surface area contributed by atoms with Gasteiger partial charge in [-0.25, -0.2) is 9.98 Å². The Morgan fingerprint density at radius 1 is 1.00 bits per heavy atom. The predicted octanol–water partition coefficient (Wildman–Crippen LogP) is 5.78. The molecule has 0 aliphatic heterocycles. The second kappa shape index (κ2) is 7.55. The van der Waals surface area contributed by atoms with Crippen molar-refractivity contribution < 1.29 is 4.74 Å². The summed E-state index contributed by atoms with van der Waals surface area (Å²) in [6, 6.07) is 22.6. The summed E-state index contributed by atoms with van der Waals surface area (Å²) in [6.07, 6.45) is 6.64. The van der Waals surface area contributed by atoms with Gasteiger partial charge in [0.25, 0.3) is 0 Å². The number of aliphatic imine (C=N–C) groups is 1. The van der Waals surface area contributed by atoms with Crippen LogP contribution in [0.4, 0.5) is 5.69 Å². The minimum absolute atomic E-state index is 0.584. The average Bonchev–Trinajstić information content (AvgIpc) is 3.53. The third-order valence-corrected chi connectivity index (χ3v) is 5.18. The zero-order chi connectivity index (χ0) is 19.6. The number of hydrogen-bond donors (Lipinski definition) is 0. The van der Waals surface area contributed by atoms with Gasteiger partial charge in [-0.3, -0.25) is 0 Å². The fourth-order valence-electron chi connectivity index (χ4n) is 3.56. The van der Waals surface area contributed by atoms with Crippen molar-refractivity contribution in [3.63, 3.8) is 0 Å². The van der Waals surface area contributed by atoms with Crippen molar-refractivity contribution in [1.29, 1.82) is 0 Å². The fraction of sp³-hybridized carbons (Fsp3) is 0.200. The van der Waals surface area contributed by atoms with Crippen LogP contribution in [0.5, 0.6) is 5.75 Å². The monoisotopic (exact) mass is 381 g/mol. The van der Waals surface area contributed by atoms with Crippen LogP contribution in [0.1, 0.15) is 42.5 Å². The molecule has 0 amide bonds. The Kier molecular flexibility index (Phi) is 4.60. The summed E-state index contributed by atoms with van der Waals surface area (Å²) < 4.78 is 8.01. The highest BCUT2D eigenvalue weighted by atomic mass is 16.5. The summed E-state index contributed by atoms with van der Waals surface area (Å²) in [5, 5.41) is 0. The molecule has 0 spiro atoms. The smallest absolute Gasteiger partial charge is 0.150 e. The molecule has 0 radical (unpaired) electrons. The van der Waals surface area contributed by atoms with Gasteiger partial charge in [-0.2, -0.15) is 0 Å². The molecule has 4 heteroatoms. The highest BCUT2D eigenvalue weighted by Gasteiger charge is 2.26. The van der Waals surface area contributed by atoms with Crippen molar-refractivity contribution in [2.45, 2.75) is 25.7 Å². The van der Waals surface area contributed by atoms with Crippen LogP contribution in [-0.2, 0) is 0 Å². The van der Waals surface area contributed by atoms with Crippen LogP contribution in [0.15, 0.2) is 84.1 Å². The van der Waals surface area contributed by atoms with Crippen LogP contribution < -0.4 is 4.74 Å². The van der Waals surface area contributed by atoms with E-state index < -0.39 is 0 Å². The molecule has 5 rings (SSSR count). The third-order valence-electron chi connectivity index (χ3n) is 5.18. The maximum absolute atomic E-state index is 5.94. The molecule has 4 aromatic rings. The van der Waals surface area contributed by atoms with E-state index in [4.69, 9.17) is 14.7 Å². The second-order valence-corrected chi connectivity index (χ2v) is 7.35. The topological polar surface area (TPSA) is 38.9 Å². The molecule has 2 heterocycles. The first kappa shape index (κ1) is 17.7. The van der Waals surface area contributed by atoms with Gasteiger partial charge in [0.15, 0.2) is 0 Å². The van der Waals surface area contributed by atoms with Crippen molar-refractivity contribution in [2.24, 2.45) is 4.99 Å². The summed E-state index contributed by atoms with van der Waals surface area (Å²) in [6.45, 7) is 2.58. The zero-order valence-corrected chi connectivity index (χ0v) is 16.5. The van der Waals surface area contributed by atoms with E-state index in [2.05, 4.69) is 34.9 Å². The Hall–Kier alpha value is -3.40. The second-order valence-electron chi connectivity index (χ2n) is 7.35. The van der Waals surface area contributed by atoms with Crippen molar-refractivity contribution in [1.82, 2.24) is 9.38 Å². The number of ether oxygens (including phenoxy) is 1. The highest BCUT2D eigenvalue weighted by Crippen LogP contribution is 2.40. The molecule has 1 fully saturated rings.